The van der Waals surface area contributed by atoms with Crippen LogP contribution in [0.1, 0.15) is 25.3 Å². The normalized spacial score (nSPS) is 15.9. The molecule has 0 aliphatic heterocycles. The third-order valence-corrected chi connectivity index (χ3v) is 4.19. The van der Waals surface area contributed by atoms with Gasteiger partial charge in [-0.2, -0.15) is 8.78 Å². The van der Waals surface area contributed by atoms with Crippen molar-refractivity contribution in [2.45, 2.75) is 36.5 Å². The predicted octanol–water partition coefficient (Wildman–Crippen LogP) is 2.13. The van der Waals surface area contributed by atoms with Crippen LogP contribution in [0.5, 0.6) is 0 Å². The van der Waals surface area contributed by atoms with Crippen LogP contribution in [0.25, 0.3) is 0 Å². The molecule has 2 unspecified atom stereocenters. The summed E-state index contributed by atoms with van der Waals surface area (Å²) in [5.41, 5.74) is 6.01. The van der Waals surface area contributed by atoms with Crippen molar-refractivity contribution in [2.24, 2.45) is 5.73 Å². The van der Waals surface area contributed by atoms with E-state index in [0.717, 1.165) is 0 Å². The Kier molecular flexibility index (Phi) is 4.21. The second-order valence-corrected chi connectivity index (χ2v) is 5.88. The van der Waals surface area contributed by atoms with Gasteiger partial charge in [-0.05, 0) is 24.5 Å². The van der Waals surface area contributed by atoms with Crippen molar-refractivity contribution in [3.05, 3.63) is 29.8 Å². The Hall–Kier alpha value is -1.01. The van der Waals surface area contributed by atoms with Gasteiger partial charge >= 0.3 is 5.76 Å². The van der Waals surface area contributed by atoms with E-state index in [0.29, 0.717) is 5.56 Å². The maximum Gasteiger partial charge on any atom is 0.341 e. The van der Waals surface area contributed by atoms with Gasteiger partial charge in [0.25, 0.3) is 0 Å². The summed E-state index contributed by atoms with van der Waals surface area (Å²) in [6.45, 7) is 3.42. The van der Waals surface area contributed by atoms with Crippen LogP contribution < -0.4 is 5.73 Å². The number of rotatable bonds is 4. The molecule has 0 bridgehead atoms. The molecule has 0 spiro atoms. The van der Waals surface area contributed by atoms with Gasteiger partial charge in [0.1, 0.15) is 0 Å². The molecule has 3 nitrogen and oxygen atoms in total. The minimum absolute atomic E-state index is 0.306. The second-order valence-electron chi connectivity index (χ2n) is 3.99. The van der Waals surface area contributed by atoms with Crippen molar-refractivity contribution < 1.29 is 17.2 Å². The predicted molar refractivity (Wildman–Crippen MR) is 61.7 cm³/mol. The highest BCUT2D eigenvalue weighted by atomic mass is 32.2. The topological polar surface area (TPSA) is 60.2 Å². The SMILES string of the molecule is CC(N)C(C)c1ccccc1S(=O)(=O)C(F)F. The Morgan fingerprint density at radius 1 is 1.18 bits per heavy atom. The van der Waals surface area contributed by atoms with E-state index >= 15 is 0 Å². The molecule has 2 N–H and O–H groups in total. The third-order valence-electron chi connectivity index (χ3n) is 2.74. The lowest BCUT2D eigenvalue weighted by atomic mass is 9.95. The van der Waals surface area contributed by atoms with Gasteiger partial charge in [-0.1, -0.05) is 25.1 Å². The number of benzene rings is 1. The van der Waals surface area contributed by atoms with Crippen molar-refractivity contribution in [3.8, 4) is 0 Å². The maximum absolute atomic E-state index is 12.5. The molecule has 0 aliphatic carbocycles. The lowest BCUT2D eigenvalue weighted by molar-refractivity contribution is 0.234. The number of alkyl halides is 2. The first-order valence-corrected chi connectivity index (χ1v) is 6.69. The Labute approximate surface area is 99.6 Å². The van der Waals surface area contributed by atoms with E-state index in [1.165, 1.54) is 18.2 Å². The lowest BCUT2D eigenvalue weighted by Gasteiger charge is -2.19. The summed E-state index contributed by atoms with van der Waals surface area (Å²) >= 11 is 0. The molecule has 0 heterocycles. The zero-order valence-corrected chi connectivity index (χ0v) is 10.4. The minimum Gasteiger partial charge on any atom is -0.327 e. The fourth-order valence-electron chi connectivity index (χ4n) is 1.50. The zero-order valence-electron chi connectivity index (χ0n) is 9.60. The molecule has 1 rings (SSSR count). The molecule has 17 heavy (non-hydrogen) atoms. The highest BCUT2D eigenvalue weighted by molar-refractivity contribution is 7.91. The summed E-state index contributed by atoms with van der Waals surface area (Å²) in [4.78, 5) is -0.334. The van der Waals surface area contributed by atoms with Crippen LogP contribution in [-0.4, -0.2) is 20.2 Å². The molecule has 0 saturated heterocycles. The van der Waals surface area contributed by atoms with Gasteiger partial charge in [0.15, 0.2) is 0 Å². The summed E-state index contributed by atoms with van der Waals surface area (Å²) in [6.07, 6.45) is 0. The van der Waals surface area contributed by atoms with Crippen molar-refractivity contribution in [1.82, 2.24) is 0 Å². The Morgan fingerprint density at radius 2 is 1.71 bits per heavy atom. The molecule has 0 aromatic heterocycles. The fraction of sp³-hybridized carbons (Fsp3) is 0.455. The first-order valence-electron chi connectivity index (χ1n) is 5.15. The number of hydrogen-bond donors (Lipinski definition) is 1. The molecule has 1 aromatic rings. The molecular formula is C11H15F2NO2S. The van der Waals surface area contributed by atoms with Gasteiger partial charge < -0.3 is 5.73 Å². The van der Waals surface area contributed by atoms with E-state index in [4.69, 9.17) is 5.73 Å². The van der Waals surface area contributed by atoms with Crippen molar-refractivity contribution in [1.29, 1.82) is 0 Å². The first-order chi connectivity index (χ1) is 7.78. The Morgan fingerprint density at radius 3 is 2.18 bits per heavy atom. The molecule has 0 radical (unpaired) electrons. The highest BCUT2D eigenvalue weighted by Crippen LogP contribution is 2.28. The summed E-state index contributed by atoms with van der Waals surface area (Å²) in [5, 5.41) is 0. The van der Waals surface area contributed by atoms with Crippen LogP contribution in [0.2, 0.25) is 0 Å². The lowest BCUT2D eigenvalue weighted by Crippen LogP contribution is -2.25. The van der Waals surface area contributed by atoms with Gasteiger partial charge in [-0.25, -0.2) is 8.42 Å². The van der Waals surface area contributed by atoms with Crippen LogP contribution in [-0.2, 0) is 9.84 Å². The molecule has 1 aromatic carbocycles. The number of hydrogen-bond acceptors (Lipinski definition) is 3. The second kappa shape index (κ2) is 5.10. The van der Waals surface area contributed by atoms with Gasteiger partial charge in [0.2, 0.25) is 9.84 Å². The van der Waals surface area contributed by atoms with Crippen LogP contribution in [0, 0.1) is 0 Å². The van der Waals surface area contributed by atoms with Gasteiger partial charge in [0, 0.05) is 6.04 Å². The van der Waals surface area contributed by atoms with Crippen molar-refractivity contribution in [3.63, 3.8) is 0 Å². The van der Waals surface area contributed by atoms with Gasteiger partial charge in [0.05, 0.1) is 4.90 Å². The summed E-state index contributed by atoms with van der Waals surface area (Å²) in [6, 6.07) is 5.42. The Balaban J connectivity index is 3.36. The van der Waals surface area contributed by atoms with Crippen LogP contribution in [0.15, 0.2) is 29.2 Å². The average molecular weight is 263 g/mol. The summed E-state index contributed by atoms with van der Waals surface area (Å²) in [5.74, 6) is -3.72. The Bertz CT molecular complexity index is 486. The largest absolute Gasteiger partial charge is 0.341 e. The summed E-state index contributed by atoms with van der Waals surface area (Å²) < 4.78 is 48.0. The third kappa shape index (κ3) is 2.81. The van der Waals surface area contributed by atoms with E-state index in [2.05, 4.69) is 0 Å². The van der Waals surface area contributed by atoms with Gasteiger partial charge in [-0.3, -0.25) is 0 Å². The molecule has 0 amide bonds. The number of sulfone groups is 1. The molecule has 6 heteroatoms. The highest BCUT2D eigenvalue weighted by Gasteiger charge is 2.30. The molecule has 0 aliphatic rings. The first kappa shape index (κ1) is 14.1. The summed E-state index contributed by atoms with van der Waals surface area (Å²) in [7, 11) is -4.57. The van der Waals surface area contributed by atoms with Crippen molar-refractivity contribution >= 4 is 9.84 Å². The molecule has 0 saturated carbocycles. The van der Waals surface area contributed by atoms with E-state index in [-0.39, 0.29) is 16.9 Å². The zero-order chi connectivity index (χ0) is 13.2. The number of nitrogens with two attached hydrogens (primary N) is 1. The van der Waals surface area contributed by atoms with E-state index in [9.17, 15) is 17.2 Å². The standard InChI is InChI=1S/C11H15F2NO2S/c1-7(8(2)14)9-5-3-4-6-10(9)17(15,16)11(12)13/h3-8,11H,14H2,1-2H3. The quantitative estimate of drug-likeness (QED) is 0.905. The molecular weight excluding hydrogens is 248 g/mol. The van der Waals surface area contributed by atoms with Crippen LogP contribution in [0.4, 0.5) is 8.78 Å². The van der Waals surface area contributed by atoms with Crippen LogP contribution in [0.3, 0.4) is 0 Å². The van der Waals surface area contributed by atoms with E-state index < -0.39 is 15.6 Å². The van der Waals surface area contributed by atoms with E-state index in [1.54, 1.807) is 19.9 Å². The minimum atomic E-state index is -4.57. The smallest absolute Gasteiger partial charge is 0.327 e. The van der Waals surface area contributed by atoms with Crippen LogP contribution >= 0.6 is 0 Å². The fourth-order valence-corrected chi connectivity index (χ4v) is 2.54. The maximum atomic E-state index is 12.5. The molecule has 2 atom stereocenters. The average Bonchev–Trinajstić information content (AvgIpc) is 2.27. The molecule has 0 fully saturated rings. The number of halogens is 2. The van der Waals surface area contributed by atoms with Crippen molar-refractivity contribution in [2.75, 3.05) is 0 Å². The monoisotopic (exact) mass is 263 g/mol. The van der Waals surface area contributed by atoms with E-state index in [1.807, 2.05) is 0 Å². The van der Waals surface area contributed by atoms with Gasteiger partial charge in [-0.15, -0.1) is 0 Å². The molecule has 96 valence electrons.